The van der Waals surface area contributed by atoms with Gasteiger partial charge in [-0.3, -0.25) is 4.79 Å². The molecule has 6 nitrogen and oxygen atoms in total. The van der Waals surface area contributed by atoms with Crippen molar-refractivity contribution in [1.29, 1.82) is 5.26 Å². The summed E-state index contributed by atoms with van der Waals surface area (Å²) >= 11 is 1.56. The Bertz CT molecular complexity index is 1090. The second-order valence-corrected chi connectivity index (χ2v) is 8.26. The van der Waals surface area contributed by atoms with Gasteiger partial charge >= 0.3 is 0 Å². The fourth-order valence-electron chi connectivity index (χ4n) is 4.48. The Morgan fingerprint density at radius 3 is 3.00 bits per heavy atom. The molecule has 0 radical (unpaired) electrons. The van der Waals surface area contributed by atoms with E-state index in [0.717, 1.165) is 54.1 Å². The summed E-state index contributed by atoms with van der Waals surface area (Å²) in [5, 5.41) is 9.41. The molecule has 2 aliphatic heterocycles. The first-order chi connectivity index (χ1) is 13.7. The summed E-state index contributed by atoms with van der Waals surface area (Å²) in [5.74, 6) is 1.33. The number of nitriles is 1. The number of fused-ring (bicyclic) bond motifs is 2. The maximum atomic E-state index is 13.3. The van der Waals surface area contributed by atoms with E-state index in [9.17, 15) is 10.1 Å². The van der Waals surface area contributed by atoms with Crippen LogP contribution in [0.5, 0.6) is 0 Å². The topological polar surface area (TPSA) is 73.1 Å². The average molecular weight is 389 g/mol. The normalized spacial score (nSPS) is 21.5. The van der Waals surface area contributed by atoms with Gasteiger partial charge in [-0.1, -0.05) is 0 Å². The van der Waals surface area contributed by atoms with Gasteiger partial charge in [0.25, 0.3) is 5.91 Å². The van der Waals surface area contributed by atoms with E-state index in [0.29, 0.717) is 11.5 Å². The number of piperidine rings is 1. The first-order valence-electron chi connectivity index (χ1n) is 9.49. The molecule has 1 aromatic carbocycles. The van der Waals surface area contributed by atoms with Crippen LogP contribution in [0.15, 0.2) is 42.0 Å². The highest BCUT2D eigenvalue weighted by Gasteiger charge is 2.41. The minimum atomic E-state index is 0.0891. The molecule has 0 bridgehead atoms. The Balaban J connectivity index is 1.41. The molecule has 2 aromatic heterocycles. The number of hydrogen-bond donors (Lipinski definition) is 0. The molecular weight excluding hydrogens is 370 g/mol. The lowest BCUT2D eigenvalue weighted by atomic mass is 9.92. The molecule has 2 saturated heterocycles. The second kappa shape index (κ2) is 6.88. The van der Waals surface area contributed by atoms with E-state index >= 15 is 0 Å². The first-order valence-corrected chi connectivity index (χ1v) is 10.4. The Kier molecular flexibility index (Phi) is 4.21. The fourth-order valence-corrected chi connectivity index (χ4v) is 5.19. The molecule has 5 rings (SSSR count). The van der Waals surface area contributed by atoms with Gasteiger partial charge in [-0.2, -0.15) is 5.26 Å². The molecule has 2 aliphatic rings. The molecule has 3 aromatic rings. The maximum absolute atomic E-state index is 13.3. The smallest absolute Gasteiger partial charge is 0.254 e. The van der Waals surface area contributed by atoms with Crippen molar-refractivity contribution in [3.8, 4) is 6.07 Å². The number of anilines is 1. The number of benzene rings is 1. The van der Waals surface area contributed by atoms with Gasteiger partial charge in [0.2, 0.25) is 0 Å². The molecule has 0 spiro atoms. The van der Waals surface area contributed by atoms with Crippen LogP contribution in [0, 0.1) is 17.2 Å². The van der Waals surface area contributed by atoms with Crippen LogP contribution < -0.4 is 4.90 Å². The number of nitrogens with zero attached hydrogens (tertiary/aromatic N) is 5. The molecule has 28 heavy (non-hydrogen) atoms. The molecule has 0 saturated carbocycles. The summed E-state index contributed by atoms with van der Waals surface area (Å²) in [6, 6.07) is 11.7. The van der Waals surface area contributed by atoms with Gasteiger partial charge in [-0.25, -0.2) is 9.97 Å². The summed E-state index contributed by atoms with van der Waals surface area (Å²) < 4.78 is 1.04. The lowest BCUT2D eigenvalue weighted by Crippen LogP contribution is -2.50. The highest BCUT2D eigenvalue weighted by molar-refractivity contribution is 7.16. The van der Waals surface area contributed by atoms with Crippen molar-refractivity contribution in [2.24, 2.45) is 5.92 Å². The summed E-state index contributed by atoms with van der Waals surface area (Å²) in [4.78, 5) is 26.2. The molecule has 2 unspecified atom stereocenters. The fraction of sp³-hybridized carbons (Fsp3) is 0.333. The van der Waals surface area contributed by atoms with Gasteiger partial charge in [0, 0.05) is 31.4 Å². The van der Waals surface area contributed by atoms with Crippen molar-refractivity contribution in [3.05, 3.63) is 53.2 Å². The van der Waals surface area contributed by atoms with Crippen LogP contribution in [0.4, 0.5) is 5.82 Å². The van der Waals surface area contributed by atoms with Gasteiger partial charge in [0.05, 0.1) is 27.3 Å². The zero-order chi connectivity index (χ0) is 19.1. The lowest BCUT2D eigenvalue weighted by Gasteiger charge is -2.39. The molecule has 4 heterocycles. The number of amides is 1. The van der Waals surface area contributed by atoms with Crippen LogP contribution in [-0.2, 0) is 0 Å². The molecule has 0 aliphatic carbocycles. The van der Waals surface area contributed by atoms with Gasteiger partial charge < -0.3 is 9.80 Å². The van der Waals surface area contributed by atoms with E-state index in [-0.39, 0.29) is 11.9 Å². The zero-order valence-corrected chi connectivity index (χ0v) is 16.1. The van der Waals surface area contributed by atoms with E-state index in [1.54, 1.807) is 29.7 Å². The Morgan fingerprint density at radius 1 is 1.21 bits per heavy atom. The lowest BCUT2D eigenvalue weighted by molar-refractivity contribution is 0.0712. The predicted molar refractivity (Wildman–Crippen MR) is 108 cm³/mol. The molecule has 7 heteroatoms. The molecule has 140 valence electrons. The van der Waals surface area contributed by atoms with Crippen molar-refractivity contribution in [2.45, 2.75) is 18.9 Å². The van der Waals surface area contributed by atoms with Gasteiger partial charge in [-0.05, 0) is 49.1 Å². The standard InChI is InChI=1S/C21H19N5OS/c22-11-16-2-1-7-23-20(16)25-8-5-14-6-9-26(18(14)12-25)21(27)15-3-4-17-19(10-15)28-13-24-17/h1-4,7,10,13-14,18H,5-6,8-9,12H2. The summed E-state index contributed by atoms with van der Waals surface area (Å²) in [5.41, 5.74) is 4.06. The SMILES string of the molecule is N#Cc1cccnc1N1CCC2CCN(C(=O)c3ccc4ncsc4c3)C2C1. The monoisotopic (exact) mass is 389 g/mol. The van der Waals surface area contributed by atoms with Crippen molar-refractivity contribution in [1.82, 2.24) is 14.9 Å². The molecular formula is C21H19N5OS. The third kappa shape index (κ3) is 2.81. The highest BCUT2D eigenvalue weighted by Crippen LogP contribution is 2.35. The van der Waals surface area contributed by atoms with E-state index in [1.165, 1.54) is 0 Å². The number of likely N-dealkylation sites (tertiary alicyclic amines) is 1. The van der Waals surface area contributed by atoms with Crippen LogP contribution in [0.1, 0.15) is 28.8 Å². The molecule has 1 amide bonds. The van der Waals surface area contributed by atoms with Crippen molar-refractivity contribution >= 4 is 33.3 Å². The van der Waals surface area contributed by atoms with Crippen molar-refractivity contribution < 1.29 is 4.79 Å². The quantitative estimate of drug-likeness (QED) is 0.672. The Hall–Kier alpha value is -2.98. The van der Waals surface area contributed by atoms with Crippen LogP contribution in [0.2, 0.25) is 0 Å². The zero-order valence-electron chi connectivity index (χ0n) is 15.3. The summed E-state index contributed by atoms with van der Waals surface area (Å²) in [6.07, 6.45) is 3.79. The number of carbonyl (C=O) groups is 1. The van der Waals surface area contributed by atoms with Gasteiger partial charge in [0.1, 0.15) is 11.9 Å². The van der Waals surface area contributed by atoms with Gasteiger partial charge in [0.15, 0.2) is 0 Å². The minimum Gasteiger partial charge on any atom is -0.353 e. The van der Waals surface area contributed by atoms with Gasteiger partial charge in [-0.15, -0.1) is 11.3 Å². The Morgan fingerprint density at radius 2 is 2.11 bits per heavy atom. The van der Waals surface area contributed by atoms with E-state index < -0.39 is 0 Å². The number of carbonyl (C=O) groups excluding carboxylic acids is 1. The number of thiazole rings is 1. The number of hydrogen-bond acceptors (Lipinski definition) is 6. The maximum Gasteiger partial charge on any atom is 0.254 e. The van der Waals surface area contributed by atoms with E-state index in [4.69, 9.17) is 0 Å². The van der Waals surface area contributed by atoms with E-state index in [2.05, 4.69) is 20.9 Å². The molecule has 2 fully saturated rings. The summed E-state index contributed by atoms with van der Waals surface area (Å²) in [6.45, 7) is 2.39. The van der Waals surface area contributed by atoms with Crippen LogP contribution in [0.3, 0.4) is 0 Å². The van der Waals surface area contributed by atoms with Crippen LogP contribution in [-0.4, -0.2) is 46.5 Å². The highest BCUT2D eigenvalue weighted by atomic mass is 32.1. The number of aromatic nitrogens is 2. The third-order valence-corrected chi connectivity index (χ3v) is 6.70. The van der Waals surface area contributed by atoms with Crippen LogP contribution in [0.25, 0.3) is 10.2 Å². The second-order valence-electron chi connectivity index (χ2n) is 7.37. The number of rotatable bonds is 2. The minimum absolute atomic E-state index is 0.0891. The molecule has 2 atom stereocenters. The van der Waals surface area contributed by atoms with Crippen molar-refractivity contribution in [3.63, 3.8) is 0 Å². The third-order valence-electron chi connectivity index (χ3n) is 5.91. The largest absolute Gasteiger partial charge is 0.353 e. The van der Waals surface area contributed by atoms with E-state index in [1.807, 2.05) is 28.6 Å². The predicted octanol–water partition coefficient (Wildman–Crippen LogP) is 3.30. The Labute approximate surface area is 167 Å². The van der Waals surface area contributed by atoms with Crippen molar-refractivity contribution in [2.75, 3.05) is 24.5 Å². The van der Waals surface area contributed by atoms with Crippen LogP contribution >= 0.6 is 11.3 Å². The first kappa shape index (κ1) is 17.1. The average Bonchev–Trinajstić information content (AvgIpc) is 3.39. The number of pyridine rings is 1. The summed E-state index contributed by atoms with van der Waals surface area (Å²) in [7, 11) is 0. The molecule has 0 N–H and O–H groups in total.